The third-order valence-corrected chi connectivity index (χ3v) is 5.80. The van der Waals surface area contributed by atoms with Crippen LogP contribution in [0.5, 0.6) is 0 Å². The first-order valence-corrected chi connectivity index (χ1v) is 11.2. The van der Waals surface area contributed by atoms with Crippen molar-refractivity contribution in [1.29, 1.82) is 0 Å². The van der Waals surface area contributed by atoms with E-state index in [0.717, 1.165) is 6.92 Å². The summed E-state index contributed by atoms with van der Waals surface area (Å²) in [6.45, 7) is 9.24. The lowest BCUT2D eigenvalue weighted by Crippen LogP contribution is -2.60. The topological polar surface area (TPSA) is 87.0 Å². The molecule has 1 fully saturated rings. The maximum absolute atomic E-state index is 13.5. The number of aromatic nitrogens is 1. The Kier molecular flexibility index (Phi) is 8.35. The van der Waals surface area contributed by atoms with E-state index in [0.29, 0.717) is 26.8 Å². The van der Waals surface area contributed by atoms with Crippen LogP contribution in [0.3, 0.4) is 0 Å². The Labute approximate surface area is 191 Å². The predicted molar refractivity (Wildman–Crippen MR) is 119 cm³/mol. The monoisotopic (exact) mass is 489 g/mol. The minimum Gasteiger partial charge on any atom is -0.333 e. The fraction of sp³-hybridized carbons (Fsp3) is 0.400. The average Bonchev–Trinajstić information content (AvgIpc) is 2.71. The first-order valence-electron chi connectivity index (χ1n) is 9.52. The SMILES string of the molecule is C=C(Cl)N=C1C(=C(C)C)NC(=NCc2ccc(S(=O)CC)cn2)C(=O)N1[C@@H](C)C(F)(F)F. The van der Waals surface area contributed by atoms with Crippen LogP contribution < -0.4 is 5.32 Å². The highest BCUT2D eigenvalue weighted by Gasteiger charge is 2.48. The van der Waals surface area contributed by atoms with Gasteiger partial charge in [-0.25, -0.2) is 4.99 Å². The molecule has 0 aromatic carbocycles. The molecule has 7 nitrogen and oxygen atoms in total. The van der Waals surface area contributed by atoms with Crippen LogP contribution in [0, 0.1) is 0 Å². The zero-order valence-electron chi connectivity index (χ0n) is 18.0. The molecule has 174 valence electrons. The molecule has 2 atom stereocenters. The molecule has 0 radical (unpaired) electrons. The number of nitrogens with one attached hydrogen (secondary N) is 1. The predicted octanol–water partition coefficient (Wildman–Crippen LogP) is 3.89. The van der Waals surface area contributed by atoms with Crippen molar-refractivity contribution in [1.82, 2.24) is 15.2 Å². The fourth-order valence-corrected chi connectivity index (χ4v) is 3.51. The molecule has 1 aliphatic heterocycles. The summed E-state index contributed by atoms with van der Waals surface area (Å²) >= 11 is 5.72. The Balaban J connectivity index is 2.46. The van der Waals surface area contributed by atoms with Crippen molar-refractivity contribution in [2.75, 3.05) is 5.75 Å². The first kappa shape index (κ1) is 25.7. The molecular weight excluding hydrogens is 467 g/mol. The van der Waals surface area contributed by atoms with Crippen LogP contribution in [-0.2, 0) is 22.1 Å². The summed E-state index contributed by atoms with van der Waals surface area (Å²) < 4.78 is 52.4. The Bertz CT molecular complexity index is 1020. The third kappa shape index (κ3) is 6.04. The van der Waals surface area contributed by atoms with Crippen LogP contribution in [-0.4, -0.2) is 49.6 Å². The van der Waals surface area contributed by atoms with Gasteiger partial charge in [-0.2, -0.15) is 13.2 Å². The largest absolute Gasteiger partial charge is 0.409 e. The van der Waals surface area contributed by atoms with Crippen LogP contribution in [0.15, 0.2) is 56.2 Å². The highest BCUT2D eigenvalue weighted by Crippen LogP contribution is 2.29. The van der Waals surface area contributed by atoms with E-state index in [-0.39, 0.29) is 29.1 Å². The molecule has 0 aliphatic carbocycles. The van der Waals surface area contributed by atoms with E-state index in [1.807, 2.05) is 0 Å². The van der Waals surface area contributed by atoms with E-state index in [1.165, 1.54) is 6.20 Å². The summed E-state index contributed by atoms with van der Waals surface area (Å²) in [5, 5.41) is 2.49. The summed E-state index contributed by atoms with van der Waals surface area (Å²) in [5.41, 5.74) is 1.18. The number of pyridine rings is 1. The second-order valence-electron chi connectivity index (χ2n) is 6.99. The number of carbonyl (C=O) groups is 1. The van der Waals surface area contributed by atoms with E-state index in [4.69, 9.17) is 11.6 Å². The number of alkyl halides is 3. The van der Waals surface area contributed by atoms with E-state index in [9.17, 15) is 22.2 Å². The van der Waals surface area contributed by atoms with Gasteiger partial charge >= 0.3 is 6.18 Å². The molecule has 1 aliphatic rings. The number of hydrogen-bond acceptors (Lipinski definition) is 5. The maximum atomic E-state index is 13.5. The second-order valence-corrected chi connectivity index (χ2v) is 9.16. The number of hydrogen-bond donors (Lipinski definition) is 1. The number of halogens is 4. The van der Waals surface area contributed by atoms with Crippen molar-refractivity contribution >= 4 is 40.0 Å². The molecule has 2 heterocycles. The van der Waals surface area contributed by atoms with Crippen LogP contribution in [0.2, 0.25) is 0 Å². The van der Waals surface area contributed by atoms with Crippen LogP contribution in [0.25, 0.3) is 0 Å². The second kappa shape index (κ2) is 10.4. The highest BCUT2D eigenvalue weighted by molar-refractivity contribution is 7.85. The Morgan fingerprint density at radius 3 is 2.50 bits per heavy atom. The van der Waals surface area contributed by atoms with Crippen molar-refractivity contribution in [2.45, 2.75) is 51.4 Å². The number of allylic oxidation sites excluding steroid dienone is 1. The highest BCUT2D eigenvalue weighted by atomic mass is 35.5. The Morgan fingerprint density at radius 1 is 1.38 bits per heavy atom. The maximum Gasteiger partial charge on any atom is 0.409 e. The van der Waals surface area contributed by atoms with Crippen molar-refractivity contribution in [3.05, 3.63) is 47.0 Å². The van der Waals surface area contributed by atoms with Gasteiger partial charge in [-0.1, -0.05) is 25.1 Å². The number of rotatable bonds is 6. The van der Waals surface area contributed by atoms with Crippen LogP contribution >= 0.6 is 11.6 Å². The lowest BCUT2D eigenvalue weighted by atomic mass is 10.1. The van der Waals surface area contributed by atoms with Crippen molar-refractivity contribution < 1.29 is 22.2 Å². The van der Waals surface area contributed by atoms with E-state index in [2.05, 4.69) is 26.9 Å². The smallest absolute Gasteiger partial charge is 0.333 e. The van der Waals surface area contributed by atoms with Crippen LogP contribution in [0.4, 0.5) is 13.2 Å². The number of piperazine rings is 1. The molecule has 1 unspecified atom stereocenters. The van der Waals surface area contributed by atoms with Gasteiger partial charge in [0.1, 0.15) is 11.2 Å². The molecule has 12 heteroatoms. The van der Waals surface area contributed by atoms with Gasteiger partial charge in [0.2, 0.25) is 0 Å². The summed E-state index contributed by atoms with van der Waals surface area (Å²) in [6.07, 6.45) is -3.27. The molecule has 1 saturated heterocycles. The average molecular weight is 490 g/mol. The molecule has 1 aromatic heterocycles. The summed E-state index contributed by atoms with van der Waals surface area (Å²) in [5.74, 6) is -1.15. The molecule has 2 rings (SSSR count). The third-order valence-electron chi connectivity index (χ3n) is 4.43. The zero-order chi connectivity index (χ0) is 24.2. The van der Waals surface area contributed by atoms with Gasteiger partial charge in [0, 0.05) is 11.9 Å². The first-order chi connectivity index (χ1) is 14.9. The number of amides is 1. The van der Waals surface area contributed by atoms with Gasteiger partial charge < -0.3 is 5.32 Å². The van der Waals surface area contributed by atoms with Gasteiger partial charge in [0.05, 0.1) is 33.6 Å². The summed E-state index contributed by atoms with van der Waals surface area (Å²) in [7, 11) is -1.17. The van der Waals surface area contributed by atoms with Gasteiger partial charge in [0.15, 0.2) is 11.7 Å². The van der Waals surface area contributed by atoms with E-state index < -0.39 is 28.9 Å². The molecule has 1 amide bonds. The van der Waals surface area contributed by atoms with E-state index >= 15 is 0 Å². The Morgan fingerprint density at radius 2 is 2.03 bits per heavy atom. The quantitative estimate of drug-likeness (QED) is 0.614. The normalized spacial score (nSPS) is 19.2. The standard InChI is InChI=1S/C20H23ClF3N5O2S/c1-6-32(31)15-8-7-14(25-10-15)9-26-17-19(30)29(12(4)20(22,23)24)18(27-13(5)21)16(28-17)11(2)3/h7-8,10,12H,5-6,9H2,1-4H3,(H,26,28)/t12-,32?/m0/s1. The van der Waals surface area contributed by atoms with Gasteiger partial charge in [-0.05, 0) is 38.5 Å². The van der Waals surface area contributed by atoms with Crippen molar-refractivity contribution in [2.24, 2.45) is 9.98 Å². The zero-order valence-corrected chi connectivity index (χ0v) is 19.5. The molecular formula is C20H23ClF3N5O2S. The number of carbonyl (C=O) groups excluding carboxylic acids is 1. The van der Waals surface area contributed by atoms with Gasteiger partial charge in [-0.15, -0.1) is 0 Å². The molecule has 0 spiro atoms. The molecule has 1 aromatic rings. The number of aliphatic imine (C=N–C) groups is 2. The van der Waals surface area contributed by atoms with Crippen LogP contribution in [0.1, 0.15) is 33.4 Å². The molecule has 32 heavy (non-hydrogen) atoms. The number of amidine groups is 2. The number of nitrogens with zero attached hydrogens (tertiary/aromatic N) is 4. The summed E-state index contributed by atoms with van der Waals surface area (Å²) in [4.78, 5) is 26.2. The minimum atomic E-state index is -4.72. The van der Waals surface area contributed by atoms with Gasteiger partial charge in [-0.3, -0.25) is 23.9 Å². The summed E-state index contributed by atoms with van der Waals surface area (Å²) in [6, 6.07) is 1.05. The van der Waals surface area contributed by atoms with Gasteiger partial charge in [0.25, 0.3) is 5.91 Å². The fourth-order valence-electron chi connectivity index (χ4n) is 2.71. The molecule has 0 bridgehead atoms. The lowest BCUT2D eigenvalue weighted by Gasteiger charge is -2.37. The molecule has 1 N–H and O–H groups in total. The van der Waals surface area contributed by atoms with Crippen molar-refractivity contribution in [3.8, 4) is 0 Å². The minimum absolute atomic E-state index is 0.0773. The molecule has 0 saturated carbocycles. The lowest BCUT2D eigenvalue weighted by molar-refractivity contribution is -0.173. The van der Waals surface area contributed by atoms with E-state index in [1.54, 1.807) is 32.9 Å². The van der Waals surface area contributed by atoms with Crippen molar-refractivity contribution in [3.63, 3.8) is 0 Å². The Hall–Kier alpha value is -2.53.